The Morgan fingerprint density at radius 2 is 0.932 bits per heavy atom. The van der Waals surface area contributed by atoms with Gasteiger partial charge in [0.25, 0.3) is 0 Å². The summed E-state index contributed by atoms with van der Waals surface area (Å²) in [6.45, 7) is 0. The summed E-state index contributed by atoms with van der Waals surface area (Å²) in [7, 11) is 0. The number of aromatic amines is 1. The van der Waals surface area contributed by atoms with Crippen LogP contribution in [0.15, 0.2) is 180 Å². The van der Waals surface area contributed by atoms with E-state index in [-0.39, 0.29) is 0 Å². The van der Waals surface area contributed by atoms with E-state index in [1.165, 1.54) is 0 Å². The summed E-state index contributed by atoms with van der Waals surface area (Å²) < 4.78 is 3.02. The van der Waals surface area contributed by atoms with Gasteiger partial charge in [-0.05, 0) is 118 Å². The number of halogens is 8. The number of H-pyrrole nitrogens is 1. The average Bonchev–Trinajstić information content (AvgIpc) is 3.90. The summed E-state index contributed by atoms with van der Waals surface area (Å²) >= 11 is 31.5. The Hall–Kier alpha value is -2.95. The standard InChI is InChI=1S/C45H24Br8N4O2/c46-29-30(47)36-26(22-15-7-2-8-16-22)38-33(50)34(51)40(56-38)28(24-19-11-4-12-20-24)43-45(53,44(58)59)42(52)41(57-43)27(23-17-9-3-10-18-23)39-32(49)31(48)37(55-39)25(35(29)54-36)21-13-5-1-6-14-21/h1-20,43,54,57H,(H,58,59)/b35-25-,36-26-,39-27-,40-28-. The van der Waals surface area contributed by atoms with Crippen molar-refractivity contribution >= 4 is 167 Å². The van der Waals surface area contributed by atoms with Crippen molar-refractivity contribution in [1.29, 1.82) is 0 Å². The van der Waals surface area contributed by atoms with Gasteiger partial charge in [0.15, 0.2) is 4.32 Å². The summed E-state index contributed by atoms with van der Waals surface area (Å²) in [5, 5.41) is 16.6. The quantitative estimate of drug-likeness (QED) is 0.153. The summed E-state index contributed by atoms with van der Waals surface area (Å²) in [5.74, 6) is -1.10. The minimum Gasteiger partial charge on any atom is -0.480 e. The Kier molecular flexibility index (Phi) is 11.5. The summed E-state index contributed by atoms with van der Waals surface area (Å²) in [4.78, 5) is 28.7. The van der Waals surface area contributed by atoms with Crippen molar-refractivity contribution in [1.82, 2.24) is 10.3 Å². The van der Waals surface area contributed by atoms with Crippen molar-refractivity contribution in [3.8, 4) is 0 Å². The fraction of sp³-hybridized carbons (Fsp3) is 0.0444. The summed E-state index contributed by atoms with van der Waals surface area (Å²) in [6, 6.07) is 38.9. The zero-order valence-corrected chi connectivity index (χ0v) is 42.6. The van der Waals surface area contributed by atoms with Crippen LogP contribution in [-0.2, 0) is 4.79 Å². The van der Waals surface area contributed by atoms with Gasteiger partial charge in [-0.3, -0.25) is 4.79 Å². The van der Waals surface area contributed by atoms with Crippen molar-refractivity contribution in [2.24, 2.45) is 9.98 Å². The van der Waals surface area contributed by atoms with Gasteiger partial charge in [-0.15, -0.1) is 0 Å². The minimum atomic E-state index is -1.71. The molecule has 0 spiro atoms. The molecule has 5 heterocycles. The molecule has 5 aromatic rings. The Labute approximate surface area is 405 Å². The molecule has 0 fully saturated rings. The van der Waals surface area contributed by atoms with Crippen LogP contribution in [0.25, 0.3) is 22.3 Å². The number of carboxylic acid groups (broad SMARTS) is 1. The van der Waals surface area contributed by atoms with Gasteiger partial charge in [0.1, 0.15) is 0 Å². The molecule has 6 nitrogen and oxygen atoms in total. The van der Waals surface area contributed by atoms with Crippen molar-refractivity contribution in [3.05, 3.63) is 203 Å². The summed E-state index contributed by atoms with van der Waals surface area (Å²) in [6.07, 6.45) is 0. The highest BCUT2D eigenvalue weighted by atomic mass is 79.9. The lowest BCUT2D eigenvalue weighted by atomic mass is 9.88. The molecule has 59 heavy (non-hydrogen) atoms. The number of carbonyl (C=O) groups is 1. The van der Waals surface area contributed by atoms with Gasteiger partial charge in [-0.1, -0.05) is 153 Å². The van der Waals surface area contributed by atoms with Crippen LogP contribution in [0.3, 0.4) is 0 Å². The number of alkyl halides is 1. The Bertz CT molecular complexity index is 3010. The topological polar surface area (TPSA) is 89.8 Å². The third-order valence-corrected chi connectivity index (χ3v) is 19.4. The second-order valence-corrected chi connectivity index (χ2v) is 20.5. The SMILES string of the molecule is O=C(O)C1(Br)C(Br)=C2NC1/C(c1ccccc1)=C1N=C(C(Br)=C\1Br)/C(c1ccccc1)=c1\[nH]/c(c(Br)c1Br)=C(/c1ccccc1)C1=N/C(=C\2c2ccccc2)C(Br)=C1Br. The molecule has 292 valence electrons. The second-order valence-electron chi connectivity index (χ2n) is 13.7. The molecule has 0 aliphatic carbocycles. The van der Waals surface area contributed by atoms with E-state index < -0.39 is 16.3 Å². The highest BCUT2D eigenvalue weighted by molar-refractivity contribution is 9.15. The molecule has 9 rings (SSSR count). The van der Waals surface area contributed by atoms with E-state index in [4.69, 9.17) is 9.98 Å². The van der Waals surface area contributed by atoms with Crippen LogP contribution in [0.4, 0.5) is 0 Å². The van der Waals surface area contributed by atoms with Crippen LogP contribution >= 0.6 is 127 Å². The van der Waals surface area contributed by atoms with Crippen LogP contribution in [0.5, 0.6) is 0 Å². The Morgan fingerprint density at radius 1 is 0.542 bits per heavy atom. The van der Waals surface area contributed by atoms with Crippen molar-refractivity contribution in [3.63, 3.8) is 0 Å². The largest absolute Gasteiger partial charge is 0.480 e. The molecular formula is C45H24Br8N4O2. The first-order valence-corrected chi connectivity index (χ1v) is 24.2. The number of rotatable bonds is 5. The van der Waals surface area contributed by atoms with E-state index in [1.807, 2.05) is 109 Å². The van der Waals surface area contributed by atoms with Gasteiger partial charge in [0.05, 0.1) is 72.1 Å². The number of aromatic nitrogens is 1. The molecule has 4 aliphatic rings. The lowest BCUT2D eigenvalue weighted by molar-refractivity contribution is -0.138. The predicted octanol–water partition coefficient (Wildman–Crippen LogP) is 12.5. The average molecular weight is 1290 g/mol. The van der Waals surface area contributed by atoms with Gasteiger partial charge in [-0.2, -0.15) is 0 Å². The first-order chi connectivity index (χ1) is 28.4. The molecule has 0 amide bonds. The molecule has 8 bridgehead atoms. The molecule has 4 aliphatic heterocycles. The lowest BCUT2D eigenvalue weighted by Crippen LogP contribution is -2.47. The molecule has 2 atom stereocenters. The molecular weight excluding hydrogens is 1270 g/mol. The van der Waals surface area contributed by atoms with E-state index >= 15 is 0 Å². The zero-order valence-electron chi connectivity index (χ0n) is 29.9. The number of aliphatic carboxylic acids is 1. The maximum atomic E-state index is 13.9. The normalized spacial score (nSPS) is 24.8. The van der Waals surface area contributed by atoms with E-state index in [1.54, 1.807) is 0 Å². The Morgan fingerprint density at radius 3 is 1.37 bits per heavy atom. The third kappa shape index (κ3) is 6.79. The van der Waals surface area contributed by atoms with Gasteiger partial charge in [0.2, 0.25) is 0 Å². The molecule has 14 heteroatoms. The number of fused-ring (bicyclic) bond motifs is 6. The Balaban J connectivity index is 1.55. The number of nitrogens with one attached hydrogen (secondary N) is 2. The molecule has 0 saturated carbocycles. The van der Waals surface area contributed by atoms with Crippen molar-refractivity contribution < 1.29 is 9.90 Å². The smallest absolute Gasteiger partial charge is 0.328 e. The lowest BCUT2D eigenvalue weighted by Gasteiger charge is -2.29. The monoisotopic (exact) mass is 1280 g/mol. The highest BCUT2D eigenvalue weighted by Crippen LogP contribution is 2.54. The highest BCUT2D eigenvalue weighted by Gasteiger charge is 2.56. The van der Waals surface area contributed by atoms with Gasteiger partial charge in [-0.25, -0.2) is 9.98 Å². The van der Waals surface area contributed by atoms with Crippen LogP contribution in [0.1, 0.15) is 22.3 Å². The number of hydrogen-bond acceptors (Lipinski definition) is 4. The second kappa shape index (κ2) is 16.4. The number of hydrogen-bond donors (Lipinski definition) is 3. The number of carboxylic acids is 1. The van der Waals surface area contributed by atoms with Crippen LogP contribution in [0.2, 0.25) is 0 Å². The van der Waals surface area contributed by atoms with Crippen LogP contribution in [-0.4, -0.2) is 37.8 Å². The van der Waals surface area contributed by atoms with Crippen LogP contribution < -0.4 is 16.0 Å². The first-order valence-electron chi connectivity index (χ1n) is 17.8. The molecule has 0 saturated heterocycles. The zero-order chi connectivity index (χ0) is 41.3. The molecule has 3 N–H and O–H groups in total. The van der Waals surface area contributed by atoms with E-state index in [0.29, 0.717) is 57.6 Å². The summed E-state index contributed by atoms with van der Waals surface area (Å²) in [5.41, 5.74) is 9.35. The number of nitrogens with zero attached hydrogens (tertiary/aromatic N) is 2. The maximum absolute atomic E-state index is 13.9. The molecule has 4 aromatic carbocycles. The number of aliphatic imine (C=N–C) groups is 2. The fourth-order valence-electron chi connectivity index (χ4n) is 7.67. The maximum Gasteiger partial charge on any atom is 0.328 e. The minimum absolute atomic E-state index is 0.387. The van der Waals surface area contributed by atoms with Crippen molar-refractivity contribution in [2.45, 2.75) is 10.4 Å². The van der Waals surface area contributed by atoms with Gasteiger partial charge >= 0.3 is 5.97 Å². The number of benzene rings is 4. The van der Waals surface area contributed by atoms with Crippen molar-refractivity contribution in [2.75, 3.05) is 0 Å². The van der Waals surface area contributed by atoms with E-state index in [0.717, 1.165) is 57.5 Å². The van der Waals surface area contributed by atoms with Gasteiger partial charge < -0.3 is 15.4 Å². The number of allylic oxidation sites excluding steroid dienone is 5. The fourth-order valence-corrected chi connectivity index (χ4v) is 11.8. The van der Waals surface area contributed by atoms with E-state index in [2.05, 4.69) is 150 Å². The van der Waals surface area contributed by atoms with Gasteiger partial charge in [0, 0.05) is 26.8 Å². The van der Waals surface area contributed by atoms with Crippen LogP contribution in [0, 0.1) is 0 Å². The first kappa shape index (κ1) is 41.4. The molecule has 1 aromatic heterocycles. The molecule has 2 unspecified atom stereocenters. The predicted molar refractivity (Wildman–Crippen MR) is 267 cm³/mol. The molecule has 0 radical (unpaired) electrons. The van der Waals surface area contributed by atoms with E-state index in [9.17, 15) is 9.90 Å². The third-order valence-electron chi connectivity index (χ3n) is 10.4.